The molecular weight excluding hydrogens is 414 g/mol. The van der Waals surface area contributed by atoms with Gasteiger partial charge in [-0.2, -0.15) is 0 Å². The van der Waals surface area contributed by atoms with Gasteiger partial charge in [-0.25, -0.2) is 4.98 Å². The fourth-order valence-corrected chi connectivity index (χ4v) is 3.93. The summed E-state index contributed by atoms with van der Waals surface area (Å²) in [7, 11) is 0. The van der Waals surface area contributed by atoms with Crippen molar-refractivity contribution in [2.75, 3.05) is 41.8 Å². The van der Waals surface area contributed by atoms with Gasteiger partial charge >= 0.3 is 0 Å². The summed E-state index contributed by atoms with van der Waals surface area (Å²) in [6.45, 7) is 6.14. The number of nitrogens with zero attached hydrogens (tertiary/aromatic N) is 2. The number of primary amides is 1. The second-order valence-electron chi connectivity index (χ2n) is 8.17. The molecule has 4 rings (SSSR count). The number of aromatic nitrogens is 1. The van der Waals surface area contributed by atoms with Gasteiger partial charge in [0.05, 0.1) is 19.6 Å². The highest BCUT2D eigenvalue weighted by Gasteiger charge is 2.12. The maximum absolute atomic E-state index is 11.6. The molecule has 1 aliphatic rings. The van der Waals surface area contributed by atoms with Gasteiger partial charge in [0.25, 0.3) is 0 Å². The zero-order valence-corrected chi connectivity index (χ0v) is 19.0. The Morgan fingerprint density at radius 2 is 1.85 bits per heavy atom. The summed E-state index contributed by atoms with van der Waals surface area (Å²) in [5, 5.41) is 6.82. The summed E-state index contributed by atoms with van der Waals surface area (Å²) in [4.78, 5) is 18.4. The average Bonchev–Trinajstić information content (AvgIpc) is 2.85. The van der Waals surface area contributed by atoms with Crippen LogP contribution in [0.5, 0.6) is 0 Å². The number of benzene rings is 2. The minimum atomic E-state index is -0.382. The molecule has 1 aromatic heterocycles. The molecule has 0 spiro atoms. The molecule has 33 heavy (non-hydrogen) atoms. The highest BCUT2D eigenvalue weighted by atomic mass is 16.5. The van der Waals surface area contributed by atoms with Crippen LogP contribution in [0.4, 0.5) is 22.9 Å². The Hall–Kier alpha value is -3.58. The zero-order chi connectivity index (χ0) is 23.0. The van der Waals surface area contributed by atoms with E-state index in [1.54, 1.807) is 6.20 Å². The third-order valence-electron chi connectivity index (χ3n) is 5.75. The topological polar surface area (TPSA) is 92.5 Å². The van der Waals surface area contributed by atoms with Crippen LogP contribution in [0, 0.1) is 0 Å². The van der Waals surface area contributed by atoms with E-state index in [0.29, 0.717) is 12.4 Å². The van der Waals surface area contributed by atoms with E-state index in [1.807, 2.05) is 18.2 Å². The van der Waals surface area contributed by atoms with Crippen LogP contribution in [0.3, 0.4) is 0 Å². The second-order valence-corrected chi connectivity index (χ2v) is 8.17. The van der Waals surface area contributed by atoms with E-state index in [-0.39, 0.29) is 12.3 Å². The fourth-order valence-electron chi connectivity index (χ4n) is 3.93. The molecule has 0 aliphatic carbocycles. The maximum Gasteiger partial charge on any atom is 0.221 e. The number of carbonyl (C=O) groups is 1. The van der Waals surface area contributed by atoms with Crippen LogP contribution in [0.25, 0.3) is 0 Å². The number of amides is 1. The van der Waals surface area contributed by atoms with Crippen molar-refractivity contribution in [3.05, 3.63) is 77.5 Å². The van der Waals surface area contributed by atoms with E-state index in [9.17, 15) is 4.79 Å². The maximum atomic E-state index is 11.6. The number of nitrogens with one attached hydrogen (secondary N) is 2. The van der Waals surface area contributed by atoms with Crippen LogP contribution in [0.15, 0.2) is 60.8 Å². The monoisotopic (exact) mass is 445 g/mol. The van der Waals surface area contributed by atoms with Gasteiger partial charge < -0.3 is 26.0 Å². The van der Waals surface area contributed by atoms with Crippen molar-refractivity contribution in [3.8, 4) is 0 Å². The molecule has 4 N–H and O–H groups in total. The predicted molar refractivity (Wildman–Crippen MR) is 133 cm³/mol. The molecule has 0 bridgehead atoms. The average molecular weight is 446 g/mol. The number of nitrogens with two attached hydrogens (primary N) is 1. The number of rotatable bonds is 9. The lowest BCUT2D eigenvalue weighted by molar-refractivity contribution is -0.117. The number of pyridine rings is 1. The minimum Gasteiger partial charge on any atom is -0.381 e. The van der Waals surface area contributed by atoms with Crippen LogP contribution in [0.1, 0.15) is 23.6 Å². The van der Waals surface area contributed by atoms with Crippen molar-refractivity contribution in [1.82, 2.24) is 4.98 Å². The molecule has 1 fully saturated rings. The first-order valence-corrected chi connectivity index (χ1v) is 11.4. The van der Waals surface area contributed by atoms with E-state index < -0.39 is 0 Å². The summed E-state index contributed by atoms with van der Waals surface area (Å²) in [6.07, 6.45) is 2.84. The Labute approximate surface area is 195 Å². The Bertz CT molecular complexity index is 1080. The highest BCUT2D eigenvalue weighted by molar-refractivity contribution is 5.79. The minimum absolute atomic E-state index is 0.138. The van der Waals surface area contributed by atoms with Gasteiger partial charge in [-0.3, -0.25) is 4.79 Å². The molecule has 0 atom stereocenters. The highest BCUT2D eigenvalue weighted by Crippen LogP contribution is 2.25. The molecular formula is C26H31N5O2. The first-order chi connectivity index (χ1) is 16.1. The Kier molecular flexibility index (Phi) is 7.42. The van der Waals surface area contributed by atoms with Crippen LogP contribution >= 0.6 is 0 Å². The standard InChI is InChI=1S/C26H31N5O2/c1-2-19-4-3-5-20(14-19)17-28-24-16-26(29-18-21(24)15-25(27)32)30-22-6-8-23(9-7-22)31-10-12-33-13-11-31/h3-9,14,16,18H,2,10-13,15,17H2,1H3,(H2,27,32)(H2,28,29,30). The first kappa shape index (κ1) is 22.6. The number of aryl methyl sites for hydroxylation is 1. The SMILES string of the molecule is CCc1cccc(CNc2cc(Nc3ccc(N4CCOCC4)cc3)ncc2CC(N)=O)c1. The largest absolute Gasteiger partial charge is 0.381 e. The summed E-state index contributed by atoms with van der Waals surface area (Å²) < 4.78 is 5.43. The molecule has 2 heterocycles. The van der Waals surface area contributed by atoms with Crippen molar-refractivity contribution < 1.29 is 9.53 Å². The van der Waals surface area contributed by atoms with Crippen molar-refractivity contribution in [3.63, 3.8) is 0 Å². The predicted octanol–water partition coefficient (Wildman–Crippen LogP) is 3.86. The smallest absolute Gasteiger partial charge is 0.221 e. The van der Waals surface area contributed by atoms with E-state index in [0.717, 1.165) is 49.7 Å². The number of ether oxygens (including phenoxy) is 1. The molecule has 0 radical (unpaired) electrons. The van der Waals surface area contributed by atoms with Gasteiger partial charge in [-0.15, -0.1) is 0 Å². The van der Waals surface area contributed by atoms with Gasteiger partial charge in [0, 0.05) is 54.5 Å². The van der Waals surface area contributed by atoms with Crippen LogP contribution < -0.4 is 21.3 Å². The number of hydrogen-bond donors (Lipinski definition) is 3. The van der Waals surface area contributed by atoms with E-state index in [2.05, 4.69) is 63.8 Å². The molecule has 172 valence electrons. The quantitative estimate of drug-likeness (QED) is 0.463. The molecule has 1 aliphatic heterocycles. The molecule has 3 aromatic rings. The zero-order valence-electron chi connectivity index (χ0n) is 19.0. The van der Waals surface area contributed by atoms with Crippen molar-refractivity contribution >= 4 is 28.8 Å². The number of anilines is 4. The lowest BCUT2D eigenvalue weighted by atomic mass is 10.1. The van der Waals surface area contributed by atoms with E-state index in [1.165, 1.54) is 16.8 Å². The summed E-state index contributed by atoms with van der Waals surface area (Å²) in [5.41, 5.74) is 11.7. The van der Waals surface area contributed by atoms with Crippen molar-refractivity contribution in [1.29, 1.82) is 0 Å². The van der Waals surface area contributed by atoms with Gasteiger partial charge in [0.1, 0.15) is 5.82 Å². The molecule has 7 nitrogen and oxygen atoms in total. The Balaban J connectivity index is 1.48. The molecule has 0 unspecified atom stereocenters. The van der Waals surface area contributed by atoms with Crippen LogP contribution in [-0.4, -0.2) is 37.2 Å². The van der Waals surface area contributed by atoms with Gasteiger partial charge in [0.2, 0.25) is 5.91 Å². The Morgan fingerprint density at radius 1 is 1.09 bits per heavy atom. The lowest BCUT2D eigenvalue weighted by Crippen LogP contribution is -2.36. The van der Waals surface area contributed by atoms with Gasteiger partial charge in [-0.1, -0.05) is 31.2 Å². The Morgan fingerprint density at radius 3 is 2.58 bits per heavy atom. The molecule has 1 amide bonds. The van der Waals surface area contributed by atoms with Crippen molar-refractivity contribution in [2.45, 2.75) is 26.3 Å². The third-order valence-corrected chi connectivity index (χ3v) is 5.75. The summed E-state index contributed by atoms with van der Waals surface area (Å²) in [5.74, 6) is 0.319. The number of morpholine rings is 1. The van der Waals surface area contributed by atoms with Gasteiger partial charge in [0.15, 0.2) is 0 Å². The number of carbonyl (C=O) groups excluding carboxylic acids is 1. The molecule has 7 heteroatoms. The second kappa shape index (κ2) is 10.8. The van der Waals surface area contributed by atoms with Crippen LogP contribution in [0.2, 0.25) is 0 Å². The van der Waals surface area contributed by atoms with Crippen molar-refractivity contribution in [2.24, 2.45) is 5.73 Å². The lowest BCUT2D eigenvalue weighted by Gasteiger charge is -2.28. The summed E-state index contributed by atoms with van der Waals surface area (Å²) in [6, 6.07) is 18.7. The molecule has 0 saturated carbocycles. The van der Waals surface area contributed by atoms with Crippen LogP contribution in [-0.2, 0) is 28.9 Å². The van der Waals surface area contributed by atoms with E-state index in [4.69, 9.17) is 10.5 Å². The normalized spacial score (nSPS) is 13.5. The number of hydrogen-bond acceptors (Lipinski definition) is 6. The molecule has 1 saturated heterocycles. The first-order valence-electron chi connectivity index (χ1n) is 11.4. The van der Waals surface area contributed by atoms with E-state index >= 15 is 0 Å². The van der Waals surface area contributed by atoms with Gasteiger partial charge in [-0.05, 0) is 41.8 Å². The third kappa shape index (κ3) is 6.23. The summed E-state index contributed by atoms with van der Waals surface area (Å²) >= 11 is 0. The molecule has 2 aromatic carbocycles. The fraction of sp³-hybridized carbons (Fsp3) is 0.308.